The second-order valence-corrected chi connectivity index (χ2v) is 13.4. The summed E-state index contributed by atoms with van der Waals surface area (Å²) in [6.07, 6.45) is 11.3. The Morgan fingerprint density at radius 1 is 1.20 bits per heavy atom. The van der Waals surface area contributed by atoms with Crippen LogP contribution in [0.2, 0.25) is 0 Å². The highest BCUT2D eigenvalue weighted by Gasteiger charge is 2.60. The topological polar surface area (TPSA) is 116 Å². The van der Waals surface area contributed by atoms with Crippen molar-refractivity contribution < 1.29 is 38.8 Å². The number of ether oxygens (including phenoxy) is 4. The molecule has 3 saturated heterocycles. The molecule has 242 valence electrons. The van der Waals surface area contributed by atoms with Crippen LogP contribution in [0, 0.1) is 17.8 Å². The van der Waals surface area contributed by atoms with Gasteiger partial charge in [0.15, 0.2) is 5.79 Å². The van der Waals surface area contributed by atoms with Gasteiger partial charge in [-0.3, -0.25) is 4.79 Å². The van der Waals surface area contributed by atoms with Crippen molar-refractivity contribution in [3.05, 3.63) is 58.7 Å². The van der Waals surface area contributed by atoms with Crippen LogP contribution in [0.3, 0.4) is 0 Å². The first kappa shape index (κ1) is 32.8. The highest BCUT2D eigenvalue weighted by Crippen LogP contribution is 2.47. The highest BCUT2D eigenvalue weighted by atomic mass is 16.7. The third-order valence-corrected chi connectivity index (χ3v) is 10.0. The molecule has 4 heterocycles. The van der Waals surface area contributed by atoms with E-state index in [1.54, 1.807) is 13.0 Å². The number of carbonyl (C=O) groups excluding carboxylic acids is 1. The van der Waals surface area contributed by atoms with Crippen molar-refractivity contribution in [2.24, 2.45) is 22.9 Å². The third-order valence-electron chi connectivity index (χ3n) is 10.0. The van der Waals surface area contributed by atoms with Crippen LogP contribution in [0.4, 0.5) is 0 Å². The van der Waals surface area contributed by atoms with Crippen LogP contribution in [0.5, 0.6) is 0 Å². The summed E-state index contributed by atoms with van der Waals surface area (Å²) >= 11 is 0. The zero-order valence-corrected chi connectivity index (χ0v) is 27.1. The normalized spacial score (nSPS) is 45.8. The summed E-state index contributed by atoms with van der Waals surface area (Å²) in [4.78, 5) is 19.3. The SMILES string of the molecule is C/C=C(\C)[C@H]1O[C@]2(C/C(=N\OC)[C@@H]1C)C[C@@H]1C[C@@H](C/C=C(\C)C[C@@H](C)/C=C/C=C3\CO[C@@H]4[C@H](O)C(C)=C[C@@H](C(=O)O1)[C@]34O)O2. The molecule has 5 aliphatic rings. The fourth-order valence-electron chi connectivity index (χ4n) is 7.48. The van der Waals surface area contributed by atoms with E-state index in [-0.39, 0.29) is 30.7 Å². The zero-order chi connectivity index (χ0) is 31.8. The van der Waals surface area contributed by atoms with Gasteiger partial charge in [0.05, 0.1) is 24.5 Å². The van der Waals surface area contributed by atoms with Crippen LogP contribution in [0.15, 0.2) is 63.9 Å². The Hall–Kier alpha value is -2.56. The van der Waals surface area contributed by atoms with Crippen LogP contribution in [0.1, 0.15) is 73.6 Å². The van der Waals surface area contributed by atoms with Gasteiger partial charge in [0.25, 0.3) is 0 Å². The van der Waals surface area contributed by atoms with Gasteiger partial charge in [-0.2, -0.15) is 0 Å². The Bertz CT molecular complexity index is 1300. The van der Waals surface area contributed by atoms with Crippen molar-refractivity contribution in [3.63, 3.8) is 0 Å². The minimum atomic E-state index is -1.73. The van der Waals surface area contributed by atoms with Crippen molar-refractivity contribution >= 4 is 11.7 Å². The zero-order valence-electron chi connectivity index (χ0n) is 27.1. The Morgan fingerprint density at radius 2 is 1.98 bits per heavy atom. The molecule has 10 atom stereocenters. The van der Waals surface area contributed by atoms with Gasteiger partial charge in [-0.1, -0.05) is 61.0 Å². The lowest BCUT2D eigenvalue weighted by Crippen LogP contribution is -2.59. The molecule has 0 radical (unpaired) electrons. The van der Waals surface area contributed by atoms with Crippen LogP contribution in [0.25, 0.3) is 0 Å². The number of rotatable bonds is 2. The van der Waals surface area contributed by atoms with E-state index in [0.717, 1.165) is 17.7 Å². The van der Waals surface area contributed by atoms with E-state index in [9.17, 15) is 15.0 Å². The number of hydrogen-bond acceptors (Lipinski definition) is 9. The smallest absolute Gasteiger partial charge is 0.316 e. The predicted molar refractivity (Wildman–Crippen MR) is 167 cm³/mol. The quantitative estimate of drug-likeness (QED) is 0.252. The van der Waals surface area contributed by atoms with Gasteiger partial charge in [0, 0.05) is 25.2 Å². The molecule has 0 aromatic rings. The van der Waals surface area contributed by atoms with Gasteiger partial charge in [-0.25, -0.2) is 0 Å². The van der Waals surface area contributed by atoms with E-state index in [2.05, 4.69) is 38.1 Å². The second-order valence-electron chi connectivity index (χ2n) is 13.4. The average molecular weight is 612 g/mol. The Kier molecular flexibility index (Phi) is 9.73. The molecule has 44 heavy (non-hydrogen) atoms. The lowest BCUT2D eigenvalue weighted by Gasteiger charge is -2.50. The summed E-state index contributed by atoms with van der Waals surface area (Å²) in [5, 5.41) is 27.5. The lowest BCUT2D eigenvalue weighted by molar-refractivity contribution is -0.313. The molecule has 4 aliphatic heterocycles. The van der Waals surface area contributed by atoms with Crippen molar-refractivity contribution in [3.8, 4) is 0 Å². The summed E-state index contributed by atoms with van der Waals surface area (Å²) in [6.45, 7) is 12.2. The third kappa shape index (κ3) is 6.27. The van der Waals surface area contributed by atoms with E-state index >= 15 is 0 Å². The van der Waals surface area contributed by atoms with Crippen LogP contribution in [-0.4, -0.2) is 77.5 Å². The Labute approximate surface area is 261 Å². The molecule has 0 unspecified atom stereocenters. The summed E-state index contributed by atoms with van der Waals surface area (Å²) < 4.78 is 25.8. The number of oxime groups is 1. The molecule has 9 nitrogen and oxygen atoms in total. The number of aliphatic hydroxyl groups excluding tert-OH is 1. The molecule has 0 saturated carbocycles. The molecule has 0 amide bonds. The first-order valence-electron chi connectivity index (χ1n) is 15.9. The molecular formula is C35H49NO8. The molecule has 3 fully saturated rings. The van der Waals surface area contributed by atoms with E-state index in [1.165, 1.54) is 12.7 Å². The molecule has 2 N–H and O–H groups in total. The van der Waals surface area contributed by atoms with E-state index in [0.29, 0.717) is 36.8 Å². The summed E-state index contributed by atoms with van der Waals surface area (Å²) in [6, 6.07) is 0. The molecule has 1 aliphatic carbocycles. The number of allylic oxidation sites excluding steroid dienone is 5. The molecule has 5 rings (SSSR count). The minimum absolute atomic E-state index is 0.0236. The number of esters is 1. The standard InChI is InChI=1S/C35H49NO8/c1-8-22(4)31-24(6)29(36-40-7)18-34(44-31)17-27-16-26(43-34)13-12-21(3)14-20(2)10-9-11-25-19-41-32-30(37)23(5)15-28(33(38)42-27)35(25,32)39/h8-12,15,20,24,26-28,30-32,37,39H,13-14,16-19H2,1-7H3/b10-9+,21-12+,22-8+,25-11+,36-29+/t20-,24-,26+,27-,28-,30+,31+,32+,34-,35+/m0/s1. The number of aliphatic hydroxyl groups is 2. The molecule has 2 bridgehead atoms. The first-order valence-corrected chi connectivity index (χ1v) is 15.9. The molecule has 9 heteroatoms. The van der Waals surface area contributed by atoms with Crippen LogP contribution >= 0.6 is 0 Å². The maximum atomic E-state index is 14.1. The van der Waals surface area contributed by atoms with Gasteiger partial charge in [0.1, 0.15) is 36.9 Å². The van der Waals surface area contributed by atoms with E-state index in [1.807, 2.05) is 32.1 Å². The Balaban J connectivity index is 1.55. The Morgan fingerprint density at radius 3 is 2.70 bits per heavy atom. The predicted octanol–water partition coefficient (Wildman–Crippen LogP) is 5.09. The number of carbonyl (C=O) groups is 1. The van der Waals surface area contributed by atoms with Gasteiger partial charge in [-0.05, 0) is 63.2 Å². The van der Waals surface area contributed by atoms with E-state index < -0.39 is 41.6 Å². The molecular weight excluding hydrogens is 562 g/mol. The highest BCUT2D eigenvalue weighted by molar-refractivity contribution is 5.88. The minimum Gasteiger partial charge on any atom is -0.462 e. The summed E-state index contributed by atoms with van der Waals surface area (Å²) in [5.74, 6) is -2.46. The molecule has 1 spiro atoms. The fraction of sp³-hybridized carbons (Fsp3) is 0.657. The monoisotopic (exact) mass is 611 g/mol. The fourth-order valence-corrected chi connectivity index (χ4v) is 7.48. The van der Waals surface area contributed by atoms with E-state index in [4.69, 9.17) is 23.8 Å². The number of hydrogen-bond donors (Lipinski definition) is 2. The average Bonchev–Trinajstić information content (AvgIpc) is 3.31. The van der Waals surface area contributed by atoms with Crippen molar-refractivity contribution in [2.45, 2.75) is 116 Å². The first-order chi connectivity index (χ1) is 20.9. The molecule has 0 aromatic heterocycles. The summed E-state index contributed by atoms with van der Waals surface area (Å²) in [7, 11) is 1.54. The van der Waals surface area contributed by atoms with Gasteiger partial charge in [-0.15, -0.1) is 0 Å². The summed E-state index contributed by atoms with van der Waals surface area (Å²) in [5.41, 5.74) is 2.51. The van der Waals surface area contributed by atoms with Crippen LogP contribution in [-0.2, 0) is 28.6 Å². The second kappa shape index (κ2) is 13.0. The van der Waals surface area contributed by atoms with Crippen molar-refractivity contribution in [1.29, 1.82) is 0 Å². The van der Waals surface area contributed by atoms with Gasteiger partial charge >= 0.3 is 5.97 Å². The van der Waals surface area contributed by atoms with Gasteiger partial charge in [0.2, 0.25) is 0 Å². The van der Waals surface area contributed by atoms with Crippen molar-refractivity contribution in [1.82, 2.24) is 0 Å². The largest absolute Gasteiger partial charge is 0.462 e. The van der Waals surface area contributed by atoms with Gasteiger partial charge < -0.3 is 34.0 Å². The maximum absolute atomic E-state index is 14.1. The molecule has 0 aromatic carbocycles. The number of fused-ring (bicyclic) bond motifs is 2. The maximum Gasteiger partial charge on any atom is 0.316 e. The lowest BCUT2D eigenvalue weighted by atomic mass is 9.71. The van der Waals surface area contributed by atoms with Crippen molar-refractivity contribution in [2.75, 3.05) is 13.7 Å². The number of nitrogens with zero attached hydrogens (tertiary/aromatic N) is 1. The van der Waals surface area contributed by atoms with Crippen LogP contribution < -0.4 is 0 Å².